The predicted molar refractivity (Wildman–Crippen MR) is 90.4 cm³/mol. The third kappa shape index (κ3) is 3.97. The molecule has 1 aromatic heterocycles. The Kier molecular flexibility index (Phi) is 5.06. The van der Waals surface area contributed by atoms with Crippen molar-refractivity contribution in [1.82, 2.24) is 10.3 Å². The van der Waals surface area contributed by atoms with E-state index in [4.69, 9.17) is 0 Å². The number of hydrogen-bond donors (Lipinski definition) is 1. The van der Waals surface area contributed by atoms with Crippen molar-refractivity contribution in [2.75, 3.05) is 12.3 Å². The molecule has 1 atom stereocenters. The lowest BCUT2D eigenvalue weighted by Gasteiger charge is -2.24. The molecule has 0 fully saturated rings. The van der Waals surface area contributed by atoms with Gasteiger partial charge in [0.25, 0.3) is 0 Å². The van der Waals surface area contributed by atoms with Gasteiger partial charge < -0.3 is 5.32 Å². The Balaban J connectivity index is 2.31. The van der Waals surface area contributed by atoms with E-state index >= 15 is 0 Å². The minimum atomic E-state index is 0.288. The summed E-state index contributed by atoms with van der Waals surface area (Å²) in [6, 6.07) is 11.0. The zero-order valence-corrected chi connectivity index (χ0v) is 13.6. The number of fused-ring (bicyclic) bond motifs is 1. The van der Waals surface area contributed by atoms with Crippen LogP contribution in [0.15, 0.2) is 36.5 Å². The van der Waals surface area contributed by atoms with Crippen LogP contribution in [-0.4, -0.2) is 22.0 Å². The number of aromatic nitrogens is 1. The Morgan fingerprint density at radius 2 is 2.00 bits per heavy atom. The van der Waals surface area contributed by atoms with Gasteiger partial charge in [-0.15, -0.1) is 0 Å². The van der Waals surface area contributed by atoms with Crippen molar-refractivity contribution in [3.8, 4) is 0 Å². The van der Waals surface area contributed by atoms with Gasteiger partial charge in [-0.3, -0.25) is 4.98 Å². The Bertz CT molecular complexity index is 555. The molecule has 0 radical (unpaired) electrons. The highest BCUT2D eigenvalue weighted by atomic mass is 32.2. The smallest absolute Gasteiger partial charge is 0.0705 e. The van der Waals surface area contributed by atoms with E-state index in [1.807, 2.05) is 24.0 Å². The molecule has 0 aliphatic heterocycles. The average molecular weight is 288 g/mol. The van der Waals surface area contributed by atoms with Crippen LogP contribution in [0.5, 0.6) is 0 Å². The fraction of sp³-hybridized carbons (Fsp3) is 0.471. The van der Waals surface area contributed by atoms with Gasteiger partial charge in [-0.05, 0) is 24.2 Å². The highest BCUT2D eigenvalue weighted by Gasteiger charge is 2.18. The quantitative estimate of drug-likeness (QED) is 0.881. The molecule has 1 heterocycles. The van der Waals surface area contributed by atoms with Crippen LogP contribution in [-0.2, 0) is 0 Å². The van der Waals surface area contributed by atoms with Crippen molar-refractivity contribution in [3.05, 3.63) is 42.1 Å². The minimum absolute atomic E-state index is 0.288. The molecule has 0 spiro atoms. The summed E-state index contributed by atoms with van der Waals surface area (Å²) in [5, 5.41) is 4.87. The lowest BCUT2D eigenvalue weighted by atomic mass is 10.0. The number of hydrogen-bond acceptors (Lipinski definition) is 3. The summed E-state index contributed by atoms with van der Waals surface area (Å²) in [4.78, 5) is 4.46. The van der Waals surface area contributed by atoms with Gasteiger partial charge in [0.15, 0.2) is 0 Å². The fourth-order valence-electron chi connectivity index (χ4n) is 2.27. The van der Waals surface area contributed by atoms with Gasteiger partial charge in [0.2, 0.25) is 0 Å². The summed E-state index contributed by atoms with van der Waals surface area (Å²) < 4.78 is 0.288. The highest BCUT2D eigenvalue weighted by molar-refractivity contribution is 8.00. The summed E-state index contributed by atoms with van der Waals surface area (Å²) >= 11 is 2.00. The van der Waals surface area contributed by atoms with Crippen LogP contribution in [0.3, 0.4) is 0 Å². The van der Waals surface area contributed by atoms with Crippen molar-refractivity contribution in [3.63, 3.8) is 0 Å². The summed E-state index contributed by atoms with van der Waals surface area (Å²) in [5.74, 6) is 1.07. The average Bonchev–Trinajstić information content (AvgIpc) is 2.42. The van der Waals surface area contributed by atoms with Gasteiger partial charge in [0.1, 0.15) is 0 Å². The third-order valence-electron chi connectivity index (χ3n) is 3.19. The van der Waals surface area contributed by atoms with Gasteiger partial charge in [-0.25, -0.2) is 0 Å². The van der Waals surface area contributed by atoms with Crippen LogP contribution in [0.2, 0.25) is 0 Å². The molecule has 0 amide bonds. The van der Waals surface area contributed by atoms with Crippen molar-refractivity contribution in [2.24, 2.45) is 0 Å². The zero-order valence-electron chi connectivity index (χ0n) is 12.8. The van der Waals surface area contributed by atoms with E-state index in [2.05, 4.69) is 62.3 Å². The maximum atomic E-state index is 4.46. The molecule has 1 aromatic carbocycles. The maximum absolute atomic E-state index is 4.46. The highest BCUT2D eigenvalue weighted by Crippen LogP contribution is 2.31. The molecule has 2 rings (SSSR count). The van der Waals surface area contributed by atoms with Crippen LogP contribution in [0.4, 0.5) is 0 Å². The largest absolute Gasteiger partial charge is 0.309 e. The lowest BCUT2D eigenvalue weighted by molar-refractivity contribution is 0.606. The monoisotopic (exact) mass is 288 g/mol. The van der Waals surface area contributed by atoms with E-state index in [1.165, 1.54) is 10.9 Å². The molecule has 0 saturated carbocycles. The summed E-state index contributed by atoms with van der Waals surface area (Å²) in [7, 11) is 0. The molecule has 108 valence electrons. The number of benzene rings is 1. The number of nitrogens with zero attached hydrogens (tertiary/aromatic N) is 1. The van der Waals surface area contributed by atoms with Crippen LogP contribution in [0, 0.1) is 0 Å². The van der Waals surface area contributed by atoms with Gasteiger partial charge in [-0.2, -0.15) is 11.8 Å². The standard InChI is InChI=1S/C17H24N2S/c1-5-18-16(12-20-17(2,3)4)14-8-6-10-15-13(14)9-7-11-19-15/h6-11,16,18H,5,12H2,1-4H3. The number of thioether (sulfide) groups is 1. The molecule has 1 unspecified atom stereocenters. The van der Waals surface area contributed by atoms with Crippen LogP contribution < -0.4 is 5.32 Å². The molecule has 20 heavy (non-hydrogen) atoms. The SMILES string of the molecule is CCNC(CSC(C)(C)C)c1cccc2ncccc12. The van der Waals surface area contributed by atoms with E-state index in [0.29, 0.717) is 6.04 Å². The molecular formula is C17H24N2S. The molecule has 1 N–H and O–H groups in total. The predicted octanol–water partition coefficient (Wildman–Crippen LogP) is 4.42. The van der Waals surface area contributed by atoms with Crippen LogP contribution >= 0.6 is 11.8 Å². The topological polar surface area (TPSA) is 24.9 Å². The summed E-state index contributed by atoms with van der Waals surface area (Å²) in [5.41, 5.74) is 2.43. The first kappa shape index (κ1) is 15.3. The molecule has 0 aliphatic carbocycles. The Morgan fingerprint density at radius 1 is 1.20 bits per heavy atom. The van der Waals surface area contributed by atoms with Crippen LogP contribution in [0.25, 0.3) is 10.9 Å². The van der Waals surface area contributed by atoms with Gasteiger partial charge in [0, 0.05) is 28.1 Å². The van der Waals surface area contributed by atoms with Gasteiger partial charge in [0.05, 0.1) is 5.52 Å². The Labute approximate surface area is 126 Å². The van der Waals surface area contributed by atoms with Crippen LogP contribution in [0.1, 0.15) is 39.3 Å². The normalized spacial score (nSPS) is 13.6. The summed E-state index contributed by atoms with van der Waals surface area (Å²) in [6.07, 6.45) is 1.86. The van der Waals surface area contributed by atoms with E-state index < -0.39 is 0 Å². The van der Waals surface area contributed by atoms with Crippen molar-refractivity contribution < 1.29 is 0 Å². The lowest BCUT2D eigenvalue weighted by Crippen LogP contribution is -2.25. The molecular weight excluding hydrogens is 264 g/mol. The van der Waals surface area contributed by atoms with E-state index in [0.717, 1.165) is 17.8 Å². The summed E-state index contributed by atoms with van der Waals surface area (Å²) in [6.45, 7) is 9.95. The van der Waals surface area contributed by atoms with Crippen molar-refractivity contribution in [1.29, 1.82) is 0 Å². The van der Waals surface area contributed by atoms with Crippen molar-refractivity contribution in [2.45, 2.75) is 38.5 Å². The van der Waals surface area contributed by atoms with E-state index in [1.54, 1.807) is 0 Å². The van der Waals surface area contributed by atoms with E-state index in [9.17, 15) is 0 Å². The molecule has 2 nitrogen and oxygen atoms in total. The Hall–Kier alpha value is -1.06. The number of pyridine rings is 1. The number of nitrogens with one attached hydrogen (secondary N) is 1. The van der Waals surface area contributed by atoms with E-state index in [-0.39, 0.29) is 4.75 Å². The molecule has 2 aromatic rings. The molecule has 0 aliphatic rings. The second-order valence-electron chi connectivity index (χ2n) is 5.95. The van der Waals surface area contributed by atoms with Crippen molar-refractivity contribution >= 4 is 22.7 Å². The Morgan fingerprint density at radius 3 is 2.70 bits per heavy atom. The van der Waals surface area contributed by atoms with Gasteiger partial charge >= 0.3 is 0 Å². The van der Waals surface area contributed by atoms with Gasteiger partial charge in [-0.1, -0.05) is 45.9 Å². The zero-order chi connectivity index (χ0) is 14.6. The first-order chi connectivity index (χ1) is 9.51. The second-order valence-corrected chi connectivity index (χ2v) is 7.80. The first-order valence-corrected chi connectivity index (χ1v) is 8.21. The first-order valence-electron chi connectivity index (χ1n) is 7.22. The minimum Gasteiger partial charge on any atom is -0.309 e. The maximum Gasteiger partial charge on any atom is 0.0705 e. The number of rotatable bonds is 5. The molecule has 3 heteroatoms. The second kappa shape index (κ2) is 6.59. The third-order valence-corrected chi connectivity index (χ3v) is 4.55. The molecule has 0 saturated heterocycles. The fourth-order valence-corrected chi connectivity index (χ4v) is 3.23. The molecule has 0 bridgehead atoms.